The van der Waals surface area contributed by atoms with Crippen molar-refractivity contribution in [2.45, 2.75) is 18.8 Å². The lowest BCUT2D eigenvalue weighted by molar-refractivity contribution is 0.0915. The number of halogens is 3. The lowest BCUT2D eigenvalue weighted by Crippen LogP contribution is -2.29. The van der Waals surface area contributed by atoms with Crippen molar-refractivity contribution in [1.29, 1.82) is 0 Å². The molecular weight excluding hydrogens is 387 g/mol. The molecule has 22 heavy (non-hydrogen) atoms. The fourth-order valence-corrected chi connectivity index (χ4v) is 3.76. The summed E-state index contributed by atoms with van der Waals surface area (Å²) in [4.78, 5) is 13.0. The summed E-state index contributed by atoms with van der Waals surface area (Å²) in [5, 5.41) is 0.568. The van der Waals surface area contributed by atoms with E-state index < -0.39 is 5.41 Å². The highest BCUT2D eigenvalue weighted by Crippen LogP contribution is 2.47. The Hall–Kier alpha value is -1.03. The molecule has 0 radical (unpaired) electrons. The summed E-state index contributed by atoms with van der Waals surface area (Å²) in [5.41, 5.74) is 1.71. The van der Waals surface area contributed by atoms with Crippen molar-refractivity contribution in [3.63, 3.8) is 0 Å². The second-order valence-corrected chi connectivity index (χ2v) is 7.26. The molecule has 1 unspecified atom stereocenters. The van der Waals surface area contributed by atoms with Crippen LogP contribution in [0.2, 0.25) is 10.0 Å². The highest BCUT2D eigenvalue weighted by Gasteiger charge is 2.45. The fraction of sp³-hybridized carbons (Fsp3) is 0.235. The van der Waals surface area contributed by atoms with E-state index in [-0.39, 0.29) is 15.8 Å². The second kappa shape index (κ2) is 5.55. The number of Topliss-reactive ketones (excluding diaryl/α,β-unsaturated/α-hetero) is 1. The van der Waals surface area contributed by atoms with Crippen molar-refractivity contribution in [1.82, 2.24) is 0 Å². The van der Waals surface area contributed by atoms with Crippen molar-refractivity contribution in [3.8, 4) is 5.75 Å². The minimum Gasteiger partial charge on any atom is -0.495 e. The highest BCUT2D eigenvalue weighted by molar-refractivity contribution is 9.10. The summed E-state index contributed by atoms with van der Waals surface area (Å²) in [7, 11) is 1.54. The summed E-state index contributed by atoms with van der Waals surface area (Å²) in [6.45, 7) is 1.94. The monoisotopic (exact) mass is 398 g/mol. The van der Waals surface area contributed by atoms with Gasteiger partial charge in [0, 0.05) is 10.0 Å². The quantitative estimate of drug-likeness (QED) is 0.669. The van der Waals surface area contributed by atoms with Gasteiger partial charge in [-0.1, -0.05) is 51.3 Å². The van der Waals surface area contributed by atoms with E-state index in [1.54, 1.807) is 0 Å². The Bertz CT molecular complexity index is 771. The van der Waals surface area contributed by atoms with E-state index in [0.717, 1.165) is 15.6 Å². The SMILES string of the molecule is COc1cc2c(c(Cl)c1Cl)C(=O)C(C)(c1ccc(Br)cc1)C2. The van der Waals surface area contributed by atoms with Crippen molar-refractivity contribution in [2.24, 2.45) is 0 Å². The molecule has 0 amide bonds. The van der Waals surface area contributed by atoms with E-state index >= 15 is 0 Å². The van der Waals surface area contributed by atoms with Crippen LogP contribution < -0.4 is 4.74 Å². The van der Waals surface area contributed by atoms with Gasteiger partial charge in [-0.15, -0.1) is 0 Å². The van der Waals surface area contributed by atoms with Gasteiger partial charge >= 0.3 is 0 Å². The number of fused-ring (bicyclic) bond motifs is 1. The molecule has 0 N–H and O–H groups in total. The molecule has 0 saturated carbocycles. The van der Waals surface area contributed by atoms with Gasteiger partial charge in [0.1, 0.15) is 10.8 Å². The molecule has 3 rings (SSSR count). The molecular formula is C17H13BrCl2O2. The molecule has 1 aliphatic carbocycles. The zero-order valence-electron chi connectivity index (χ0n) is 12.0. The molecule has 2 aromatic rings. The standard InChI is InChI=1S/C17H13BrCl2O2/c1-17(10-3-5-11(18)6-4-10)8-9-7-12(22-2)14(19)15(20)13(9)16(17)21/h3-7H,8H2,1-2H3. The Morgan fingerprint density at radius 2 is 1.82 bits per heavy atom. The number of ketones is 1. The number of ether oxygens (including phenoxy) is 1. The maximum Gasteiger partial charge on any atom is 0.175 e. The average molecular weight is 400 g/mol. The zero-order valence-corrected chi connectivity index (χ0v) is 15.1. The van der Waals surface area contributed by atoms with Gasteiger partial charge in [0.2, 0.25) is 0 Å². The summed E-state index contributed by atoms with van der Waals surface area (Å²) < 4.78 is 6.22. The maximum absolute atomic E-state index is 13.0. The smallest absolute Gasteiger partial charge is 0.175 e. The Balaban J connectivity index is 2.15. The number of benzene rings is 2. The van der Waals surface area contributed by atoms with Crippen LogP contribution in [0, 0.1) is 0 Å². The third-order valence-electron chi connectivity index (χ3n) is 4.23. The summed E-state index contributed by atoms with van der Waals surface area (Å²) >= 11 is 15.9. The second-order valence-electron chi connectivity index (χ2n) is 5.59. The normalized spacial score (nSPS) is 20.1. The van der Waals surface area contributed by atoms with Gasteiger partial charge in [-0.3, -0.25) is 4.79 Å². The molecule has 2 aromatic carbocycles. The Labute approximate surface area is 147 Å². The number of rotatable bonds is 2. The largest absolute Gasteiger partial charge is 0.495 e. The van der Waals surface area contributed by atoms with E-state index in [4.69, 9.17) is 27.9 Å². The first-order valence-electron chi connectivity index (χ1n) is 6.74. The van der Waals surface area contributed by atoms with Crippen LogP contribution in [0.15, 0.2) is 34.8 Å². The minimum absolute atomic E-state index is 0.000578. The van der Waals surface area contributed by atoms with Crippen molar-refractivity contribution in [2.75, 3.05) is 7.11 Å². The van der Waals surface area contributed by atoms with Gasteiger partial charge in [0.15, 0.2) is 5.78 Å². The van der Waals surface area contributed by atoms with Crippen LogP contribution in [0.1, 0.15) is 28.4 Å². The Kier molecular flexibility index (Phi) is 4.00. The molecule has 0 heterocycles. The molecule has 114 valence electrons. The summed E-state index contributed by atoms with van der Waals surface area (Å²) in [5.74, 6) is 0.498. The van der Waals surface area contributed by atoms with Crippen LogP contribution in [0.4, 0.5) is 0 Å². The topological polar surface area (TPSA) is 26.3 Å². The van der Waals surface area contributed by atoms with Gasteiger partial charge in [-0.25, -0.2) is 0 Å². The average Bonchev–Trinajstić information content (AvgIpc) is 2.76. The van der Waals surface area contributed by atoms with Crippen molar-refractivity contribution in [3.05, 3.63) is 61.5 Å². The molecule has 0 bridgehead atoms. The molecule has 0 saturated heterocycles. The molecule has 2 nitrogen and oxygen atoms in total. The Morgan fingerprint density at radius 3 is 2.41 bits per heavy atom. The molecule has 0 spiro atoms. The lowest BCUT2D eigenvalue weighted by atomic mass is 9.79. The van der Waals surface area contributed by atoms with Crippen molar-refractivity contribution >= 4 is 44.9 Å². The van der Waals surface area contributed by atoms with Crippen LogP contribution in [0.3, 0.4) is 0 Å². The fourth-order valence-electron chi connectivity index (χ4n) is 2.97. The van der Waals surface area contributed by atoms with Crippen molar-refractivity contribution < 1.29 is 9.53 Å². The lowest BCUT2D eigenvalue weighted by Gasteiger charge is -2.22. The summed E-state index contributed by atoms with van der Waals surface area (Å²) in [6.07, 6.45) is 0.579. The number of carbonyl (C=O) groups is 1. The number of hydrogen-bond donors (Lipinski definition) is 0. The van der Waals surface area contributed by atoms with E-state index in [0.29, 0.717) is 17.7 Å². The van der Waals surface area contributed by atoms with Gasteiger partial charge in [0.05, 0.1) is 17.5 Å². The number of hydrogen-bond acceptors (Lipinski definition) is 2. The highest BCUT2D eigenvalue weighted by atomic mass is 79.9. The van der Waals surface area contributed by atoms with E-state index in [1.165, 1.54) is 7.11 Å². The number of methoxy groups -OCH3 is 1. The Morgan fingerprint density at radius 1 is 1.18 bits per heavy atom. The molecule has 0 aromatic heterocycles. The van der Waals surface area contributed by atoms with Crippen LogP contribution in [-0.4, -0.2) is 12.9 Å². The first-order chi connectivity index (χ1) is 10.4. The van der Waals surface area contributed by atoms with E-state index in [1.807, 2.05) is 37.3 Å². The first kappa shape index (κ1) is 15.9. The van der Waals surface area contributed by atoms with Crippen LogP contribution in [0.25, 0.3) is 0 Å². The third kappa shape index (κ3) is 2.27. The number of carbonyl (C=O) groups excluding carboxylic acids is 1. The predicted molar refractivity (Wildman–Crippen MR) is 92.5 cm³/mol. The first-order valence-corrected chi connectivity index (χ1v) is 8.29. The molecule has 1 aliphatic rings. The predicted octanol–water partition coefficient (Wildman–Crippen LogP) is 5.46. The van der Waals surface area contributed by atoms with Gasteiger partial charge in [-0.05, 0) is 42.7 Å². The third-order valence-corrected chi connectivity index (χ3v) is 5.61. The molecule has 1 atom stereocenters. The van der Waals surface area contributed by atoms with Crippen LogP contribution in [-0.2, 0) is 11.8 Å². The molecule has 0 fully saturated rings. The maximum atomic E-state index is 13.0. The molecule has 0 aliphatic heterocycles. The molecule has 5 heteroatoms. The van der Waals surface area contributed by atoms with Gasteiger partial charge < -0.3 is 4.74 Å². The van der Waals surface area contributed by atoms with Gasteiger partial charge in [0.25, 0.3) is 0 Å². The summed E-state index contributed by atoms with van der Waals surface area (Å²) in [6, 6.07) is 9.60. The minimum atomic E-state index is -0.637. The van der Waals surface area contributed by atoms with Gasteiger partial charge in [-0.2, -0.15) is 0 Å². The van der Waals surface area contributed by atoms with E-state index in [9.17, 15) is 4.79 Å². The van der Waals surface area contributed by atoms with Crippen LogP contribution in [0.5, 0.6) is 5.75 Å². The van der Waals surface area contributed by atoms with E-state index in [2.05, 4.69) is 15.9 Å². The van der Waals surface area contributed by atoms with Crippen LogP contribution >= 0.6 is 39.1 Å². The zero-order chi connectivity index (χ0) is 16.1.